The van der Waals surface area contributed by atoms with Crippen LogP contribution in [0.5, 0.6) is 11.5 Å². The van der Waals surface area contributed by atoms with E-state index in [0.29, 0.717) is 17.4 Å². The first-order chi connectivity index (χ1) is 19.8. The second kappa shape index (κ2) is 17.2. The summed E-state index contributed by atoms with van der Waals surface area (Å²) in [5.74, 6) is 2.81. The molecular weight excluding hydrogens is 524 g/mol. The Morgan fingerprint density at radius 1 is 0.780 bits per heavy atom. The van der Waals surface area contributed by atoms with Crippen LogP contribution >= 0.6 is 0 Å². The van der Waals surface area contributed by atoms with E-state index in [9.17, 15) is 9.59 Å². The maximum Gasteiger partial charge on any atom is 0.335 e. The molecular formula is C33H48O8. The molecule has 2 N–H and O–H groups in total. The predicted octanol–water partition coefficient (Wildman–Crippen LogP) is 5.51. The van der Waals surface area contributed by atoms with E-state index in [1.807, 2.05) is 12.1 Å². The number of hydrogen-bond acceptors (Lipinski definition) is 8. The molecule has 0 aliphatic heterocycles. The van der Waals surface area contributed by atoms with Crippen LogP contribution in [0.3, 0.4) is 0 Å². The molecule has 0 heterocycles. The lowest BCUT2D eigenvalue weighted by Crippen LogP contribution is -2.30. The highest BCUT2D eigenvalue weighted by Crippen LogP contribution is 2.49. The first kappa shape index (κ1) is 32.7. The van der Waals surface area contributed by atoms with Crippen molar-refractivity contribution in [3.63, 3.8) is 0 Å². The Bertz CT molecular complexity index is 964. The number of carbonyl (C=O) groups is 2. The third-order valence-corrected chi connectivity index (χ3v) is 8.44. The molecule has 1 aromatic carbocycles. The highest BCUT2D eigenvalue weighted by atomic mass is 16.6. The molecule has 0 spiro atoms. The fourth-order valence-electron chi connectivity index (χ4n) is 6.15. The Hall–Kier alpha value is -2.84. The molecule has 2 fully saturated rings. The normalized spacial score (nSPS) is 21.8. The molecule has 0 amide bonds. The van der Waals surface area contributed by atoms with Gasteiger partial charge in [0.1, 0.15) is 37.9 Å². The molecule has 2 aliphatic carbocycles. The Balaban J connectivity index is 1.61. The molecule has 41 heavy (non-hydrogen) atoms. The minimum Gasteiger partial charge on any atom is -0.490 e. The van der Waals surface area contributed by atoms with Crippen LogP contribution in [-0.4, -0.2) is 61.8 Å². The summed E-state index contributed by atoms with van der Waals surface area (Å²) in [5.41, 5.74) is 1.16. The Morgan fingerprint density at radius 2 is 1.34 bits per heavy atom. The van der Waals surface area contributed by atoms with Gasteiger partial charge in [-0.05, 0) is 73.5 Å². The summed E-state index contributed by atoms with van der Waals surface area (Å²) in [5, 5.41) is 18.0. The van der Waals surface area contributed by atoms with Gasteiger partial charge >= 0.3 is 11.9 Å². The Kier molecular flexibility index (Phi) is 13.7. The number of esters is 2. The number of aliphatic hydroxyl groups excluding tert-OH is 2. The monoisotopic (exact) mass is 572 g/mol. The Labute approximate surface area is 244 Å². The van der Waals surface area contributed by atoms with Gasteiger partial charge in [-0.15, -0.1) is 0 Å². The summed E-state index contributed by atoms with van der Waals surface area (Å²) >= 11 is 0. The zero-order chi connectivity index (χ0) is 29.6. The zero-order valence-corrected chi connectivity index (χ0v) is 24.6. The maximum atomic E-state index is 11.7. The van der Waals surface area contributed by atoms with E-state index < -0.39 is 25.2 Å². The molecule has 1 aromatic rings. The molecule has 2 saturated carbocycles. The van der Waals surface area contributed by atoms with Crippen molar-refractivity contribution in [2.75, 3.05) is 39.6 Å². The largest absolute Gasteiger partial charge is 0.490 e. The molecule has 3 rings (SSSR count). The third kappa shape index (κ3) is 10.5. The lowest BCUT2D eigenvalue weighted by atomic mass is 9.63. The fourth-order valence-corrected chi connectivity index (χ4v) is 6.15. The summed E-state index contributed by atoms with van der Waals surface area (Å²) in [6.45, 7) is 8.63. The molecule has 0 aromatic heterocycles. The van der Waals surface area contributed by atoms with Gasteiger partial charge in [-0.3, -0.25) is 0 Å². The average Bonchev–Trinajstić information content (AvgIpc) is 3.00. The van der Waals surface area contributed by atoms with E-state index >= 15 is 0 Å². The summed E-state index contributed by atoms with van der Waals surface area (Å²) in [6, 6.07) is 5.88. The molecule has 4 unspecified atom stereocenters. The lowest BCUT2D eigenvalue weighted by molar-refractivity contribution is -0.141. The van der Waals surface area contributed by atoms with Crippen molar-refractivity contribution in [2.24, 2.45) is 17.8 Å². The number of hydrogen-bond donors (Lipinski definition) is 2. The van der Waals surface area contributed by atoms with E-state index in [1.165, 1.54) is 51.4 Å². The van der Waals surface area contributed by atoms with Crippen molar-refractivity contribution >= 4 is 11.9 Å². The number of benzene rings is 1. The number of fused-ring (bicyclic) bond motifs is 1. The van der Waals surface area contributed by atoms with Crippen LogP contribution in [-0.2, 0) is 19.1 Å². The van der Waals surface area contributed by atoms with E-state index in [-0.39, 0.29) is 37.6 Å². The smallest absolute Gasteiger partial charge is 0.335 e. The van der Waals surface area contributed by atoms with Crippen molar-refractivity contribution in [3.8, 4) is 11.5 Å². The standard InChI is InChI=1S/C33H48O8/c1-4-5-6-7-25-8-9-27-17-28(11-10-26(27)16-25)29-18-30(38-12-14-40-32(36)23(2)21-34)20-31(19-29)39-13-15-41-33(37)24(3)22-35/h18-20,25-28,34-35H,2-17,21-22H2,1H3. The van der Waals surface area contributed by atoms with E-state index in [1.54, 1.807) is 6.07 Å². The topological polar surface area (TPSA) is 112 Å². The van der Waals surface area contributed by atoms with E-state index in [4.69, 9.17) is 29.2 Å². The Morgan fingerprint density at radius 3 is 1.90 bits per heavy atom. The minimum absolute atomic E-state index is 0.00320. The van der Waals surface area contributed by atoms with Crippen LogP contribution < -0.4 is 9.47 Å². The highest BCUT2D eigenvalue weighted by Gasteiger charge is 2.36. The summed E-state index contributed by atoms with van der Waals surface area (Å²) in [4.78, 5) is 23.5. The maximum absolute atomic E-state index is 11.7. The number of ether oxygens (including phenoxy) is 4. The number of carbonyl (C=O) groups excluding carboxylic acids is 2. The third-order valence-electron chi connectivity index (χ3n) is 8.44. The van der Waals surface area contributed by atoms with Crippen LogP contribution in [0.4, 0.5) is 0 Å². The van der Waals surface area contributed by atoms with Crippen LogP contribution in [0.1, 0.15) is 82.6 Å². The van der Waals surface area contributed by atoms with Gasteiger partial charge < -0.3 is 29.2 Å². The van der Waals surface area contributed by atoms with Gasteiger partial charge in [0.25, 0.3) is 0 Å². The second-order valence-electron chi connectivity index (χ2n) is 11.4. The van der Waals surface area contributed by atoms with Crippen LogP contribution in [0.25, 0.3) is 0 Å². The molecule has 2 aliphatic rings. The first-order valence-electron chi connectivity index (χ1n) is 15.2. The van der Waals surface area contributed by atoms with Gasteiger partial charge in [0.15, 0.2) is 0 Å². The average molecular weight is 573 g/mol. The van der Waals surface area contributed by atoms with Gasteiger partial charge in [-0.25, -0.2) is 9.59 Å². The number of unbranched alkanes of at least 4 members (excludes halogenated alkanes) is 2. The summed E-state index contributed by atoms with van der Waals surface area (Å²) < 4.78 is 22.0. The highest BCUT2D eigenvalue weighted by molar-refractivity contribution is 5.88. The van der Waals surface area contributed by atoms with Gasteiger partial charge in [-0.2, -0.15) is 0 Å². The summed E-state index contributed by atoms with van der Waals surface area (Å²) in [6.07, 6.45) is 12.9. The van der Waals surface area contributed by atoms with Crippen molar-refractivity contribution in [1.29, 1.82) is 0 Å². The van der Waals surface area contributed by atoms with Crippen molar-refractivity contribution in [1.82, 2.24) is 0 Å². The van der Waals surface area contributed by atoms with Gasteiger partial charge in [0.2, 0.25) is 0 Å². The molecule has 0 saturated heterocycles. The molecule has 8 nitrogen and oxygen atoms in total. The predicted molar refractivity (Wildman–Crippen MR) is 157 cm³/mol. The van der Waals surface area contributed by atoms with Crippen molar-refractivity contribution < 1.29 is 38.7 Å². The van der Waals surface area contributed by atoms with Gasteiger partial charge in [-0.1, -0.05) is 52.2 Å². The number of rotatable bonds is 17. The van der Waals surface area contributed by atoms with Crippen LogP contribution in [0.2, 0.25) is 0 Å². The number of aliphatic hydroxyl groups is 2. The van der Waals surface area contributed by atoms with Crippen LogP contribution in [0.15, 0.2) is 42.5 Å². The van der Waals surface area contributed by atoms with Crippen LogP contribution in [0, 0.1) is 17.8 Å². The van der Waals surface area contributed by atoms with E-state index in [2.05, 4.69) is 20.1 Å². The first-order valence-corrected chi connectivity index (χ1v) is 15.2. The van der Waals surface area contributed by atoms with Crippen molar-refractivity contribution in [3.05, 3.63) is 48.1 Å². The molecule has 0 bridgehead atoms. The zero-order valence-electron chi connectivity index (χ0n) is 24.6. The molecule has 4 atom stereocenters. The van der Waals surface area contributed by atoms with Gasteiger partial charge in [0, 0.05) is 6.07 Å². The minimum atomic E-state index is -0.649. The van der Waals surface area contributed by atoms with Crippen molar-refractivity contribution in [2.45, 2.75) is 77.0 Å². The molecule has 8 heteroatoms. The fraction of sp³-hybridized carbons (Fsp3) is 0.636. The molecule has 0 radical (unpaired) electrons. The SMILES string of the molecule is C=C(CO)C(=O)OCCOc1cc(OCCOC(=O)C(=C)CO)cc(C2CCC3CC(CCCCC)CCC3C2)c1. The quantitative estimate of drug-likeness (QED) is 0.143. The van der Waals surface area contributed by atoms with E-state index in [0.717, 1.165) is 36.2 Å². The van der Waals surface area contributed by atoms with Gasteiger partial charge in [0.05, 0.1) is 24.4 Å². The second-order valence-corrected chi connectivity index (χ2v) is 11.4. The summed E-state index contributed by atoms with van der Waals surface area (Å²) in [7, 11) is 0. The molecule has 228 valence electrons. The lowest BCUT2D eigenvalue weighted by Gasteiger charge is -2.42.